The van der Waals surface area contributed by atoms with Crippen molar-refractivity contribution in [1.29, 1.82) is 0 Å². The van der Waals surface area contributed by atoms with Crippen molar-refractivity contribution >= 4 is 28.4 Å². The zero-order valence-corrected chi connectivity index (χ0v) is 14.3. The second-order valence-electron chi connectivity index (χ2n) is 5.65. The summed E-state index contributed by atoms with van der Waals surface area (Å²) in [6.07, 6.45) is 6.53. The van der Waals surface area contributed by atoms with Crippen molar-refractivity contribution in [3.8, 4) is 0 Å². The molecule has 1 aromatic heterocycles. The van der Waals surface area contributed by atoms with Gasteiger partial charge in [-0.05, 0) is 48.3 Å². The van der Waals surface area contributed by atoms with E-state index in [1.165, 1.54) is 41.4 Å². The van der Waals surface area contributed by atoms with Gasteiger partial charge in [-0.25, -0.2) is 9.97 Å². The minimum Gasteiger partial charge on any atom is -0.369 e. The molecular weight excluding hydrogens is 349 g/mol. The quantitative estimate of drug-likeness (QED) is 0.779. The average Bonchev–Trinajstić information content (AvgIpc) is 2.42. The number of hydrogen-bond donors (Lipinski definition) is 1. The Morgan fingerprint density at radius 1 is 1.21 bits per heavy atom. The SMILES string of the molecule is CCNc1nc(C2CCCCC2)nc(C(C)C)c1I. The summed E-state index contributed by atoms with van der Waals surface area (Å²) in [5, 5.41) is 3.39. The van der Waals surface area contributed by atoms with Crippen molar-refractivity contribution in [2.75, 3.05) is 11.9 Å². The number of anilines is 1. The largest absolute Gasteiger partial charge is 0.369 e. The Balaban J connectivity index is 2.36. The molecule has 0 atom stereocenters. The Morgan fingerprint density at radius 2 is 1.89 bits per heavy atom. The predicted molar refractivity (Wildman–Crippen MR) is 88.8 cm³/mol. The molecule has 1 aromatic rings. The maximum atomic E-state index is 4.88. The summed E-state index contributed by atoms with van der Waals surface area (Å²) in [4.78, 5) is 9.68. The van der Waals surface area contributed by atoms with Gasteiger partial charge in [-0.1, -0.05) is 33.1 Å². The molecule has 0 amide bonds. The molecule has 1 N–H and O–H groups in total. The van der Waals surface area contributed by atoms with Gasteiger partial charge in [0.05, 0.1) is 9.26 Å². The molecule has 1 saturated carbocycles. The van der Waals surface area contributed by atoms with Gasteiger partial charge in [-0.2, -0.15) is 0 Å². The van der Waals surface area contributed by atoms with Gasteiger partial charge in [-0.3, -0.25) is 0 Å². The second kappa shape index (κ2) is 6.86. The van der Waals surface area contributed by atoms with E-state index in [0.717, 1.165) is 18.2 Å². The van der Waals surface area contributed by atoms with Crippen molar-refractivity contribution in [1.82, 2.24) is 9.97 Å². The van der Waals surface area contributed by atoms with Crippen LogP contribution in [0, 0.1) is 3.57 Å². The molecule has 3 nitrogen and oxygen atoms in total. The highest BCUT2D eigenvalue weighted by atomic mass is 127. The lowest BCUT2D eigenvalue weighted by Gasteiger charge is -2.22. The fourth-order valence-electron chi connectivity index (χ4n) is 2.69. The Hall–Kier alpha value is -0.390. The minimum absolute atomic E-state index is 0.453. The van der Waals surface area contributed by atoms with Crippen molar-refractivity contribution < 1.29 is 0 Å². The third kappa shape index (κ3) is 3.58. The molecule has 0 aromatic carbocycles. The maximum Gasteiger partial charge on any atom is 0.143 e. The van der Waals surface area contributed by atoms with Gasteiger partial charge >= 0.3 is 0 Å². The lowest BCUT2D eigenvalue weighted by Crippen LogP contribution is -2.15. The lowest BCUT2D eigenvalue weighted by molar-refractivity contribution is 0.427. The van der Waals surface area contributed by atoms with Crippen LogP contribution in [0.3, 0.4) is 0 Å². The molecule has 1 heterocycles. The zero-order valence-electron chi connectivity index (χ0n) is 12.2. The number of halogens is 1. The monoisotopic (exact) mass is 373 g/mol. The minimum atomic E-state index is 0.453. The van der Waals surface area contributed by atoms with Crippen molar-refractivity contribution in [2.45, 2.75) is 64.7 Å². The molecule has 1 fully saturated rings. The van der Waals surface area contributed by atoms with Crippen LogP contribution in [-0.4, -0.2) is 16.5 Å². The summed E-state index contributed by atoms with van der Waals surface area (Å²) in [7, 11) is 0. The predicted octanol–water partition coefficient (Wildman–Crippen LogP) is 4.68. The average molecular weight is 373 g/mol. The highest BCUT2D eigenvalue weighted by Crippen LogP contribution is 2.33. The van der Waals surface area contributed by atoms with Crippen LogP contribution >= 0.6 is 22.6 Å². The Bertz CT molecular complexity index is 426. The first-order valence-electron chi connectivity index (χ1n) is 7.44. The molecule has 1 aliphatic carbocycles. The number of rotatable bonds is 4. The van der Waals surface area contributed by atoms with E-state index in [4.69, 9.17) is 9.97 Å². The van der Waals surface area contributed by atoms with Crippen LogP contribution in [0.4, 0.5) is 5.82 Å². The summed E-state index contributed by atoms with van der Waals surface area (Å²) < 4.78 is 1.19. The molecule has 0 bridgehead atoms. The molecule has 1 aliphatic rings. The number of nitrogens with one attached hydrogen (secondary N) is 1. The zero-order chi connectivity index (χ0) is 13.8. The van der Waals surface area contributed by atoms with Crippen molar-refractivity contribution in [3.05, 3.63) is 15.1 Å². The van der Waals surface area contributed by atoms with Gasteiger partial charge in [0.2, 0.25) is 0 Å². The third-order valence-corrected chi connectivity index (χ3v) is 4.82. The normalized spacial score (nSPS) is 16.9. The molecule has 106 valence electrons. The fraction of sp³-hybridized carbons (Fsp3) is 0.733. The van der Waals surface area contributed by atoms with Crippen LogP contribution in [0.5, 0.6) is 0 Å². The van der Waals surface area contributed by atoms with Crippen LogP contribution in [-0.2, 0) is 0 Å². The van der Waals surface area contributed by atoms with E-state index in [0.29, 0.717) is 11.8 Å². The van der Waals surface area contributed by atoms with Crippen molar-refractivity contribution in [2.24, 2.45) is 0 Å². The van der Waals surface area contributed by atoms with Gasteiger partial charge in [-0.15, -0.1) is 0 Å². The molecule has 2 rings (SSSR count). The van der Waals surface area contributed by atoms with Gasteiger partial charge in [0.25, 0.3) is 0 Å². The Labute approximate surface area is 130 Å². The molecule has 19 heavy (non-hydrogen) atoms. The first kappa shape index (κ1) is 15.0. The van der Waals surface area contributed by atoms with E-state index in [9.17, 15) is 0 Å². The summed E-state index contributed by atoms with van der Waals surface area (Å²) in [6, 6.07) is 0. The van der Waals surface area contributed by atoms with E-state index < -0.39 is 0 Å². The molecule has 0 radical (unpaired) electrons. The van der Waals surface area contributed by atoms with Crippen LogP contribution in [0.25, 0.3) is 0 Å². The van der Waals surface area contributed by atoms with E-state index in [1.54, 1.807) is 0 Å². The lowest BCUT2D eigenvalue weighted by atomic mass is 9.88. The summed E-state index contributed by atoms with van der Waals surface area (Å²) >= 11 is 2.38. The standard InChI is InChI=1S/C15H24IN3/c1-4-17-15-12(16)13(10(2)3)18-14(19-15)11-8-6-5-7-9-11/h10-11H,4-9H2,1-3H3,(H,17,18,19). The summed E-state index contributed by atoms with van der Waals surface area (Å²) in [5.74, 6) is 3.12. The topological polar surface area (TPSA) is 37.8 Å². The first-order valence-corrected chi connectivity index (χ1v) is 8.52. The molecule has 0 spiro atoms. The number of nitrogens with zero attached hydrogens (tertiary/aromatic N) is 2. The fourth-order valence-corrected chi connectivity index (χ4v) is 3.75. The van der Waals surface area contributed by atoms with E-state index >= 15 is 0 Å². The highest BCUT2D eigenvalue weighted by Gasteiger charge is 2.22. The molecule has 0 aliphatic heterocycles. The van der Waals surface area contributed by atoms with Crippen LogP contribution in [0.2, 0.25) is 0 Å². The third-order valence-electron chi connectivity index (χ3n) is 3.76. The second-order valence-corrected chi connectivity index (χ2v) is 6.73. The number of hydrogen-bond acceptors (Lipinski definition) is 3. The van der Waals surface area contributed by atoms with Gasteiger partial charge in [0, 0.05) is 12.5 Å². The Morgan fingerprint density at radius 3 is 2.47 bits per heavy atom. The van der Waals surface area contributed by atoms with Gasteiger partial charge in [0.15, 0.2) is 0 Å². The van der Waals surface area contributed by atoms with Gasteiger partial charge in [0.1, 0.15) is 11.6 Å². The Kier molecular flexibility index (Phi) is 5.42. The smallest absolute Gasteiger partial charge is 0.143 e. The van der Waals surface area contributed by atoms with E-state index in [2.05, 4.69) is 48.7 Å². The van der Waals surface area contributed by atoms with E-state index in [1.807, 2.05) is 0 Å². The maximum absolute atomic E-state index is 4.88. The highest BCUT2D eigenvalue weighted by molar-refractivity contribution is 14.1. The summed E-state index contributed by atoms with van der Waals surface area (Å²) in [5.41, 5.74) is 1.20. The first-order chi connectivity index (χ1) is 9.13. The van der Waals surface area contributed by atoms with Crippen LogP contribution in [0.1, 0.15) is 76.2 Å². The molecule has 0 saturated heterocycles. The summed E-state index contributed by atoms with van der Waals surface area (Å²) in [6.45, 7) is 7.46. The molecular formula is C15H24IN3. The van der Waals surface area contributed by atoms with E-state index in [-0.39, 0.29) is 0 Å². The molecule has 0 unspecified atom stereocenters. The molecule has 4 heteroatoms. The van der Waals surface area contributed by atoms with Crippen molar-refractivity contribution in [3.63, 3.8) is 0 Å². The number of aromatic nitrogens is 2. The van der Waals surface area contributed by atoms with Crippen LogP contribution < -0.4 is 5.32 Å². The van der Waals surface area contributed by atoms with Crippen LogP contribution in [0.15, 0.2) is 0 Å². The van der Waals surface area contributed by atoms with Gasteiger partial charge < -0.3 is 5.32 Å².